The Hall–Kier alpha value is -2.11. The van der Waals surface area contributed by atoms with Gasteiger partial charge >= 0.3 is 0 Å². The second-order valence-corrected chi connectivity index (χ2v) is 15.6. The number of allylic oxidation sites excluding steroid dienone is 8. The number of benzene rings is 1. The number of hydrogen-bond donors (Lipinski definition) is 3. The van der Waals surface area contributed by atoms with Crippen molar-refractivity contribution < 1.29 is 21.6 Å². The predicted octanol–water partition coefficient (Wildman–Crippen LogP) is 10.7. The molecule has 0 aromatic heterocycles. The zero-order chi connectivity index (χ0) is 32.6. The first-order chi connectivity index (χ1) is 19.0. The minimum Gasteiger partial charge on any atom is -0.400 e. The van der Waals surface area contributed by atoms with Gasteiger partial charge in [0, 0.05) is 23.6 Å². The first kappa shape index (κ1) is 38.9. The standard InChI is InChI=1S/C34H44Cl2N4.CH4O.Ni/c1-31(2,3)19-13-21(33(7,8)9)29(37)27(15-19)39-25-17-23(35)24(36)18-26(25)40-28-16-20(32(4,5)6)14-22(30(28)38)34(10,11)12;1-2;/h13-18,37-38H,1-12H3;2H,1H3;. The summed E-state index contributed by atoms with van der Waals surface area (Å²) in [4.78, 5) is 9.95. The summed E-state index contributed by atoms with van der Waals surface area (Å²) in [5.74, 6) is 0. The van der Waals surface area contributed by atoms with E-state index in [1.807, 2.05) is 12.2 Å². The fourth-order valence-electron chi connectivity index (χ4n) is 4.44. The van der Waals surface area contributed by atoms with Gasteiger partial charge in [-0.3, -0.25) is 10.8 Å². The number of aliphatic hydroxyl groups is 1. The molecule has 2 aliphatic carbocycles. The third kappa shape index (κ3) is 9.44. The van der Waals surface area contributed by atoms with E-state index in [9.17, 15) is 0 Å². The van der Waals surface area contributed by atoms with Crippen molar-refractivity contribution in [2.24, 2.45) is 31.6 Å². The van der Waals surface area contributed by atoms with Crippen LogP contribution in [0, 0.1) is 32.5 Å². The van der Waals surface area contributed by atoms with Gasteiger partial charge in [0.15, 0.2) is 0 Å². The van der Waals surface area contributed by atoms with Crippen molar-refractivity contribution in [1.29, 1.82) is 10.8 Å². The molecule has 0 atom stereocenters. The maximum Gasteiger partial charge on any atom is 0.0910 e. The first-order valence-corrected chi connectivity index (χ1v) is 14.9. The van der Waals surface area contributed by atoms with Crippen molar-refractivity contribution in [3.05, 3.63) is 68.8 Å². The quantitative estimate of drug-likeness (QED) is 0.212. The monoisotopic (exact) mass is 668 g/mol. The topological polar surface area (TPSA) is 92.7 Å². The van der Waals surface area contributed by atoms with Gasteiger partial charge in [-0.15, -0.1) is 0 Å². The van der Waals surface area contributed by atoms with Crippen LogP contribution in [-0.2, 0) is 16.5 Å². The Labute approximate surface area is 279 Å². The largest absolute Gasteiger partial charge is 0.400 e. The second-order valence-electron chi connectivity index (χ2n) is 14.8. The molecule has 2 aliphatic rings. The average Bonchev–Trinajstić information content (AvgIpc) is 2.82. The Morgan fingerprint density at radius 3 is 1.05 bits per heavy atom. The van der Waals surface area contributed by atoms with E-state index in [2.05, 4.69) is 95.2 Å². The third-order valence-electron chi connectivity index (χ3n) is 7.08. The molecule has 0 heterocycles. The number of aliphatic imine (C=N–C) groups is 2. The normalized spacial score (nSPS) is 18.3. The number of hydrogen-bond acceptors (Lipinski definition) is 5. The van der Waals surface area contributed by atoms with E-state index >= 15 is 0 Å². The number of rotatable bonds is 2. The van der Waals surface area contributed by atoms with Crippen LogP contribution >= 0.6 is 23.2 Å². The summed E-state index contributed by atoms with van der Waals surface area (Å²) in [6, 6.07) is 3.40. The van der Waals surface area contributed by atoms with Crippen LogP contribution in [0.3, 0.4) is 0 Å². The van der Waals surface area contributed by atoms with Crippen LogP contribution in [0.15, 0.2) is 68.7 Å². The van der Waals surface area contributed by atoms with Crippen molar-refractivity contribution in [3.8, 4) is 0 Å². The average molecular weight is 670 g/mol. The molecule has 0 bridgehead atoms. The van der Waals surface area contributed by atoms with Crippen LogP contribution in [0.1, 0.15) is 83.1 Å². The Kier molecular flexibility index (Phi) is 12.6. The van der Waals surface area contributed by atoms with E-state index in [1.54, 1.807) is 12.1 Å². The second kappa shape index (κ2) is 13.9. The summed E-state index contributed by atoms with van der Waals surface area (Å²) >= 11 is 13.0. The van der Waals surface area contributed by atoms with Crippen molar-refractivity contribution >= 4 is 57.4 Å². The SMILES string of the molecule is CC(C)(C)C1=CC(=Nc2cc(Cl)c(Cl)cc2N=C2C=C(C(C)(C)C)C=C(C(C)(C)C)C2=N)C(=N)C(C(C)(C)C)=C1.CO.[Ni]. The summed E-state index contributed by atoms with van der Waals surface area (Å²) in [6.45, 7) is 25.6. The Morgan fingerprint density at radius 1 is 0.535 bits per heavy atom. The van der Waals surface area contributed by atoms with E-state index in [0.29, 0.717) is 44.3 Å². The van der Waals surface area contributed by atoms with Crippen LogP contribution < -0.4 is 0 Å². The maximum absolute atomic E-state index is 9.05. The van der Waals surface area contributed by atoms with E-state index in [-0.39, 0.29) is 38.2 Å². The number of halogens is 2. The zero-order valence-corrected chi connectivity index (χ0v) is 30.4. The molecule has 0 saturated carbocycles. The van der Waals surface area contributed by atoms with E-state index < -0.39 is 0 Å². The molecule has 0 unspecified atom stereocenters. The van der Waals surface area contributed by atoms with E-state index in [4.69, 9.17) is 49.1 Å². The van der Waals surface area contributed by atoms with E-state index in [1.165, 1.54) is 0 Å². The molecule has 5 nitrogen and oxygen atoms in total. The summed E-state index contributed by atoms with van der Waals surface area (Å²) < 4.78 is 0. The van der Waals surface area contributed by atoms with Crippen LogP contribution in [0.5, 0.6) is 0 Å². The zero-order valence-electron chi connectivity index (χ0n) is 27.9. The molecule has 8 heteroatoms. The maximum atomic E-state index is 9.05. The van der Waals surface area contributed by atoms with Gasteiger partial charge in [0.05, 0.1) is 44.3 Å². The summed E-state index contributed by atoms with van der Waals surface area (Å²) in [6.07, 6.45) is 8.22. The molecule has 0 radical (unpaired) electrons. The minimum atomic E-state index is -0.232. The molecule has 0 spiro atoms. The summed E-state index contributed by atoms with van der Waals surface area (Å²) in [5.41, 5.74) is 6.23. The summed E-state index contributed by atoms with van der Waals surface area (Å²) in [5, 5.41) is 25.8. The Balaban J connectivity index is 0.00000302. The van der Waals surface area contributed by atoms with Crippen molar-refractivity contribution in [2.45, 2.75) is 83.1 Å². The molecular formula is C35H48Cl2N4NiO. The molecule has 1 aromatic carbocycles. The van der Waals surface area contributed by atoms with Gasteiger partial charge in [-0.1, -0.05) is 118 Å². The molecule has 3 N–H and O–H groups in total. The van der Waals surface area contributed by atoms with E-state index in [0.717, 1.165) is 29.4 Å². The van der Waals surface area contributed by atoms with Gasteiger partial charge in [-0.25, -0.2) is 9.98 Å². The molecule has 0 saturated heterocycles. The molecule has 0 fully saturated rings. The predicted molar refractivity (Wildman–Crippen MR) is 184 cm³/mol. The van der Waals surface area contributed by atoms with Gasteiger partial charge in [0.2, 0.25) is 0 Å². The molecular weight excluding hydrogens is 622 g/mol. The van der Waals surface area contributed by atoms with Gasteiger partial charge < -0.3 is 5.11 Å². The Morgan fingerprint density at radius 2 is 0.814 bits per heavy atom. The molecule has 1 aromatic rings. The Bertz CT molecular complexity index is 1350. The van der Waals surface area contributed by atoms with Gasteiger partial charge in [0.25, 0.3) is 0 Å². The molecule has 238 valence electrons. The van der Waals surface area contributed by atoms with Crippen LogP contribution in [-0.4, -0.2) is 35.1 Å². The van der Waals surface area contributed by atoms with Crippen molar-refractivity contribution in [1.82, 2.24) is 0 Å². The van der Waals surface area contributed by atoms with Gasteiger partial charge in [-0.2, -0.15) is 0 Å². The van der Waals surface area contributed by atoms with Crippen LogP contribution in [0.25, 0.3) is 0 Å². The first-order valence-electron chi connectivity index (χ1n) is 14.2. The molecule has 0 amide bonds. The third-order valence-corrected chi connectivity index (χ3v) is 7.80. The van der Waals surface area contributed by atoms with Gasteiger partial charge in [-0.05, 0) is 68.2 Å². The van der Waals surface area contributed by atoms with Crippen molar-refractivity contribution in [2.75, 3.05) is 7.11 Å². The molecule has 3 rings (SSSR count). The fourth-order valence-corrected chi connectivity index (χ4v) is 4.76. The molecule has 0 aliphatic heterocycles. The molecule has 43 heavy (non-hydrogen) atoms. The summed E-state index contributed by atoms with van der Waals surface area (Å²) in [7, 11) is 1.00. The van der Waals surface area contributed by atoms with Crippen LogP contribution in [0.4, 0.5) is 11.4 Å². The minimum absolute atomic E-state index is 0. The number of aliphatic hydroxyl groups excluding tert-OH is 1. The smallest absolute Gasteiger partial charge is 0.0910 e. The number of nitrogens with zero attached hydrogens (tertiary/aromatic N) is 2. The van der Waals surface area contributed by atoms with Crippen LogP contribution in [0.2, 0.25) is 10.0 Å². The number of nitrogens with one attached hydrogen (secondary N) is 2. The fraction of sp³-hybridized carbons (Fsp3) is 0.486. The van der Waals surface area contributed by atoms with Gasteiger partial charge in [0.1, 0.15) is 0 Å². The van der Waals surface area contributed by atoms with Crippen molar-refractivity contribution in [3.63, 3.8) is 0 Å².